The van der Waals surface area contributed by atoms with E-state index in [0.717, 1.165) is 12.1 Å². The van der Waals surface area contributed by atoms with E-state index in [1.54, 1.807) is 4.90 Å². The number of fused-ring (bicyclic) bond motifs is 1. The number of piperidine rings is 1. The summed E-state index contributed by atoms with van der Waals surface area (Å²) in [6.45, 7) is 0.257. The van der Waals surface area contributed by atoms with Crippen molar-refractivity contribution < 1.29 is 17.6 Å². The lowest BCUT2D eigenvalue weighted by molar-refractivity contribution is -0.0491. The van der Waals surface area contributed by atoms with Crippen LogP contribution in [0.3, 0.4) is 0 Å². The van der Waals surface area contributed by atoms with Crippen LogP contribution in [0.2, 0.25) is 0 Å². The zero-order valence-electron chi connectivity index (χ0n) is 13.2. The van der Waals surface area contributed by atoms with Gasteiger partial charge in [-0.15, -0.1) is 0 Å². The standard InChI is InChI=1S/C16H17F4N5/c17-10-6-12-13(7-11(10)18)24-15(23-12)9(8-21)5-14(22)25-3-1-16(19,20)2-4-25/h5-8H,1-4,21-22H2,(H,23,24)/b9-8+,14-5+. The maximum atomic E-state index is 13.3. The van der Waals surface area contributed by atoms with Gasteiger partial charge in [0.05, 0.1) is 16.9 Å². The zero-order chi connectivity index (χ0) is 18.2. The number of rotatable bonds is 3. The number of benzene rings is 1. The minimum Gasteiger partial charge on any atom is -0.404 e. The highest BCUT2D eigenvalue weighted by molar-refractivity contribution is 5.81. The molecule has 1 saturated heterocycles. The first-order valence-corrected chi connectivity index (χ1v) is 7.66. The Labute approximate surface area is 141 Å². The topological polar surface area (TPSA) is 84.0 Å². The summed E-state index contributed by atoms with van der Waals surface area (Å²) in [5.41, 5.74) is 12.5. The Bertz CT molecular complexity index is 807. The van der Waals surface area contributed by atoms with Crippen LogP contribution >= 0.6 is 0 Å². The van der Waals surface area contributed by atoms with Gasteiger partial charge in [-0.25, -0.2) is 22.5 Å². The van der Waals surface area contributed by atoms with Gasteiger partial charge in [0.2, 0.25) is 0 Å². The number of hydrogen-bond donors (Lipinski definition) is 3. The number of imidazole rings is 1. The van der Waals surface area contributed by atoms with E-state index in [2.05, 4.69) is 9.97 Å². The van der Waals surface area contributed by atoms with Crippen LogP contribution in [0.5, 0.6) is 0 Å². The van der Waals surface area contributed by atoms with E-state index >= 15 is 0 Å². The molecular formula is C16H17F4N5. The summed E-state index contributed by atoms with van der Waals surface area (Å²) < 4.78 is 53.0. The van der Waals surface area contributed by atoms with Gasteiger partial charge in [-0.05, 0) is 6.08 Å². The molecule has 2 heterocycles. The average molecular weight is 355 g/mol. The van der Waals surface area contributed by atoms with Crippen LogP contribution < -0.4 is 11.5 Å². The molecule has 1 aliphatic rings. The summed E-state index contributed by atoms with van der Waals surface area (Å²) in [7, 11) is 0. The number of allylic oxidation sites excluding steroid dienone is 2. The summed E-state index contributed by atoms with van der Waals surface area (Å²) in [4.78, 5) is 8.62. The van der Waals surface area contributed by atoms with Gasteiger partial charge in [-0.3, -0.25) is 0 Å². The first-order chi connectivity index (χ1) is 11.8. The number of H-pyrrole nitrogens is 1. The summed E-state index contributed by atoms with van der Waals surface area (Å²) in [6, 6.07) is 1.97. The molecule has 0 radical (unpaired) electrons. The van der Waals surface area contributed by atoms with Crippen molar-refractivity contribution >= 4 is 16.6 Å². The predicted molar refractivity (Wildman–Crippen MR) is 86.2 cm³/mol. The molecule has 2 aromatic rings. The molecule has 0 bridgehead atoms. The van der Waals surface area contributed by atoms with Crippen molar-refractivity contribution in [1.82, 2.24) is 14.9 Å². The number of aromatic amines is 1. The molecule has 1 fully saturated rings. The lowest BCUT2D eigenvalue weighted by Crippen LogP contribution is -2.40. The highest BCUT2D eigenvalue weighted by Gasteiger charge is 2.34. The molecule has 134 valence electrons. The van der Waals surface area contributed by atoms with Gasteiger partial charge in [0.25, 0.3) is 5.92 Å². The van der Waals surface area contributed by atoms with Gasteiger partial charge in [0.1, 0.15) is 5.82 Å². The second kappa shape index (κ2) is 6.30. The molecule has 0 unspecified atom stereocenters. The van der Waals surface area contributed by atoms with Crippen LogP contribution in [-0.4, -0.2) is 33.9 Å². The molecular weight excluding hydrogens is 338 g/mol. The van der Waals surface area contributed by atoms with E-state index < -0.39 is 17.6 Å². The van der Waals surface area contributed by atoms with E-state index in [-0.39, 0.29) is 43.1 Å². The van der Waals surface area contributed by atoms with Crippen molar-refractivity contribution in [2.45, 2.75) is 18.8 Å². The lowest BCUT2D eigenvalue weighted by Gasteiger charge is -2.33. The number of nitrogens with zero attached hydrogens (tertiary/aromatic N) is 2. The van der Waals surface area contributed by atoms with Crippen LogP contribution in [-0.2, 0) is 0 Å². The summed E-state index contributed by atoms with van der Waals surface area (Å²) >= 11 is 0. The van der Waals surface area contributed by atoms with E-state index in [4.69, 9.17) is 11.5 Å². The normalized spacial score (nSPS) is 18.8. The summed E-state index contributed by atoms with van der Waals surface area (Å²) in [5.74, 6) is -4.13. The van der Waals surface area contributed by atoms with E-state index in [0.29, 0.717) is 11.1 Å². The maximum absolute atomic E-state index is 13.3. The summed E-state index contributed by atoms with van der Waals surface area (Å²) in [5, 5.41) is 0. The van der Waals surface area contributed by atoms with Crippen molar-refractivity contribution in [2.24, 2.45) is 11.5 Å². The van der Waals surface area contributed by atoms with Crippen molar-refractivity contribution in [3.63, 3.8) is 0 Å². The lowest BCUT2D eigenvalue weighted by atomic mass is 10.1. The third-order valence-electron chi connectivity index (χ3n) is 4.14. The second-order valence-corrected chi connectivity index (χ2v) is 5.90. The van der Waals surface area contributed by atoms with Crippen molar-refractivity contribution in [3.05, 3.63) is 47.7 Å². The van der Waals surface area contributed by atoms with Gasteiger partial charge in [0.15, 0.2) is 11.6 Å². The quantitative estimate of drug-likeness (QED) is 0.584. The molecule has 0 atom stereocenters. The van der Waals surface area contributed by atoms with Crippen molar-refractivity contribution in [3.8, 4) is 0 Å². The van der Waals surface area contributed by atoms with Crippen LogP contribution in [0.15, 0.2) is 30.2 Å². The minimum absolute atomic E-state index is 0.129. The monoisotopic (exact) mass is 355 g/mol. The Kier molecular flexibility index (Phi) is 4.32. The zero-order valence-corrected chi connectivity index (χ0v) is 13.2. The molecule has 5 nitrogen and oxygen atoms in total. The van der Waals surface area contributed by atoms with Crippen molar-refractivity contribution in [2.75, 3.05) is 13.1 Å². The fraction of sp³-hybridized carbons (Fsp3) is 0.312. The highest BCUT2D eigenvalue weighted by atomic mass is 19.3. The Morgan fingerprint density at radius 1 is 1.20 bits per heavy atom. The largest absolute Gasteiger partial charge is 0.404 e. The predicted octanol–water partition coefficient (Wildman–Crippen LogP) is 2.67. The average Bonchev–Trinajstić information content (AvgIpc) is 2.95. The molecule has 1 aromatic carbocycles. The van der Waals surface area contributed by atoms with E-state index in [9.17, 15) is 17.6 Å². The fourth-order valence-corrected chi connectivity index (χ4v) is 2.68. The number of alkyl halides is 2. The maximum Gasteiger partial charge on any atom is 0.251 e. The summed E-state index contributed by atoms with van der Waals surface area (Å²) in [6.07, 6.45) is 2.18. The Morgan fingerprint density at radius 3 is 2.48 bits per heavy atom. The van der Waals surface area contributed by atoms with Crippen LogP contribution in [0.4, 0.5) is 17.6 Å². The Balaban J connectivity index is 1.85. The van der Waals surface area contributed by atoms with Crippen LogP contribution in [0.1, 0.15) is 18.7 Å². The molecule has 1 aliphatic heterocycles. The molecule has 5 N–H and O–H groups in total. The van der Waals surface area contributed by atoms with Crippen LogP contribution in [0, 0.1) is 11.6 Å². The number of hydrogen-bond acceptors (Lipinski definition) is 4. The fourth-order valence-electron chi connectivity index (χ4n) is 2.68. The third kappa shape index (κ3) is 3.54. The minimum atomic E-state index is -2.67. The van der Waals surface area contributed by atoms with Gasteiger partial charge >= 0.3 is 0 Å². The first-order valence-electron chi connectivity index (χ1n) is 7.66. The number of nitrogens with two attached hydrogens (primary N) is 2. The molecule has 0 saturated carbocycles. The van der Waals surface area contributed by atoms with Gasteiger partial charge in [-0.1, -0.05) is 0 Å². The molecule has 0 amide bonds. The molecule has 25 heavy (non-hydrogen) atoms. The number of nitrogens with one attached hydrogen (secondary N) is 1. The van der Waals surface area contributed by atoms with Crippen LogP contribution in [0.25, 0.3) is 16.6 Å². The van der Waals surface area contributed by atoms with E-state index in [1.807, 2.05) is 0 Å². The molecule has 0 aliphatic carbocycles. The number of likely N-dealkylation sites (tertiary alicyclic amines) is 1. The SMILES string of the molecule is N/C=C(\C=C(/N)N1CCC(F)(F)CC1)c1nc2cc(F)c(F)cc2[nH]1. The molecule has 1 aromatic heterocycles. The third-order valence-corrected chi connectivity index (χ3v) is 4.14. The first kappa shape index (κ1) is 17.1. The Morgan fingerprint density at radius 2 is 1.84 bits per heavy atom. The highest BCUT2D eigenvalue weighted by Crippen LogP contribution is 2.29. The number of aromatic nitrogens is 2. The molecule has 3 rings (SSSR count). The van der Waals surface area contributed by atoms with Gasteiger partial charge in [0, 0.05) is 49.8 Å². The smallest absolute Gasteiger partial charge is 0.251 e. The Hall–Kier alpha value is -2.71. The van der Waals surface area contributed by atoms with Crippen molar-refractivity contribution in [1.29, 1.82) is 0 Å². The second-order valence-electron chi connectivity index (χ2n) is 5.90. The van der Waals surface area contributed by atoms with Gasteiger partial charge < -0.3 is 21.4 Å². The molecule has 0 spiro atoms. The number of halogens is 4. The van der Waals surface area contributed by atoms with E-state index in [1.165, 1.54) is 12.3 Å². The van der Waals surface area contributed by atoms with Gasteiger partial charge in [-0.2, -0.15) is 0 Å². The molecule has 9 heteroatoms.